The van der Waals surface area contributed by atoms with E-state index in [-0.39, 0.29) is 6.61 Å². The van der Waals surface area contributed by atoms with E-state index in [0.29, 0.717) is 0 Å². The Hall–Kier alpha value is -0.543. The van der Waals surface area contributed by atoms with Crippen molar-refractivity contribution in [3.05, 3.63) is 23.4 Å². The van der Waals surface area contributed by atoms with Crippen LogP contribution in [0.4, 0.5) is 0 Å². The molecule has 0 spiro atoms. The highest BCUT2D eigenvalue weighted by Gasteiger charge is 2.00. The van der Waals surface area contributed by atoms with Gasteiger partial charge in [0.25, 0.3) is 0 Å². The van der Waals surface area contributed by atoms with Crippen LogP contribution in [0.2, 0.25) is 13.1 Å². The Bertz CT molecular complexity index is 199. The van der Waals surface area contributed by atoms with Gasteiger partial charge in [-0.3, -0.25) is 0 Å². The maximum Gasteiger partial charge on any atom is 0.330 e. The third-order valence-corrected chi connectivity index (χ3v) is 4.02. The molecule has 0 aliphatic rings. The van der Waals surface area contributed by atoms with Crippen molar-refractivity contribution in [3.63, 3.8) is 0 Å². The van der Waals surface area contributed by atoms with E-state index in [1.165, 1.54) is 0 Å². The summed E-state index contributed by atoms with van der Waals surface area (Å²) in [6.07, 6.45) is 2.87. The Labute approximate surface area is 79.5 Å². The smallest absolute Gasteiger partial charge is 0.330 e. The predicted molar refractivity (Wildman–Crippen MR) is 54.0 cm³/mol. The second-order valence-corrected chi connectivity index (χ2v) is 6.31. The Balaban J connectivity index is 3.74. The summed E-state index contributed by atoms with van der Waals surface area (Å²) in [5, 5.41) is 0. The predicted octanol–water partition coefficient (Wildman–Crippen LogP) is 1.86. The zero-order chi connectivity index (χ0) is 9.56. The first-order valence-corrected chi connectivity index (χ1v) is 6.99. The van der Waals surface area contributed by atoms with Crippen LogP contribution in [0.25, 0.3) is 0 Å². The summed E-state index contributed by atoms with van der Waals surface area (Å²) in [7, 11) is -0.927. The average Bonchev–Trinajstić information content (AvgIpc) is 2.03. The van der Waals surface area contributed by atoms with Crippen molar-refractivity contribution in [2.45, 2.75) is 13.1 Å². The van der Waals surface area contributed by atoms with Gasteiger partial charge in [-0.05, 0) is 10.7 Å². The molecule has 0 bridgehead atoms. The molecule has 0 radical (unpaired) electrons. The van der Waals surface area contributed by atoms with E-state index in [1.54, 1.807) is 6.08 Å². The maximum atomic E-state index is 10.6. The molecule has 2 nitrogen and oxygen atoms in total. The highest BCUT2D eigenvalue weighted by atomic mass is 35.5. The van der Waals surface area contributed by atoms with Crippen molar-refractivity contribution in [3.8, 4) is 0 Å². The maximum absolute atomic E-state index is 10.6. The Morgan fingerprint density at radius 2 is 2.25 bits per heavy atom. The van der Waals surface area contributed by atoms with Gasteiger partial charge in [0.05, 0.1) is 8.80 Å². The third kappa shape index (κ3) is 5.15. The van der Waals surface area contributed by atoms with Crippen LogP contribution in [-0.2, 0) is 9.53 Å². The van der Waals surface area contributed by atoms with Gasteiger partial charge in [-0.1, -0.05) is 31.3 Å². The summed E-state index contributed by atoms with van der Waals surface area (Å²) in [6, 6.07) is 0. The molecule has 0 saturated carbocycles. The molecule has 68 valence electrons. The van der Waals surface area contributed by atoms with Gasteiger partial charge in [-0.15, -0.1) is 0 Å². The van der Waals surface area contributed by atoms with Gasteiger partial charge in [0, 0.05) is 6.08 Å². The van der Waals surface area contributed by atoms with Crippen molar-refractivity contribution in [1.29, 1.82) is 0 Å². The summed E-state index contributed by atoms with van der Waals surface area (Å²) < 4.78 is 5.56. The number of carbonyl (C=O) groups is 1. The average molecular weight is 205 g/mol. The molecular formula is C8H13ClO2Si. The summed E-state index contributed by atoms with van der Waals surface area (Å²) in [4.78, 5) is 10.6. The molecule has 0 saturated heterocycles. The van der Waals surface area contributed by atoms with Crippen LogP contribution in [0.15, 0.2) is 23.4 Å². The third-order valence-electron chi connectivity index (χ3n) is 1.22. The molecule has 0 aliphatic carbocycles. The standard InChI is InChI=1S/C8H13ClO2Si/c1-4-8(10)11-6-5-7(9)12(2)3/h4-5,12H,1,6H2,2-3H3. The van der Waals surface area contributed by atoms with Crippen molar-refractivity contribution < 1.29 is 9.53 Å². The second-order valence-electron chi connectivity index (χ2n) is 2.58. The zero-order valence-corrected chi connectivity index (χ0v) is 9.25. The quantitative estimate of drug-likeness (QED) is 0.397. The largest absolute Gasteiger partial charge is 0.458 e. The molecule has 0 heterocycles. The van der Waals surface area contributed by atoms with Gasteiger partial charge in [-0.25, -0.2) is 4.79 Å². The van der Waals surface area contributed by atoms with E-state index < -0.39 is 14.8 Å². The number of rotatable bonds is 4. The van der Waals surface area contributed by atoms with Crippen LogP contribution in [0, 0.1) is 0 Å². The molecule has 0 aromatic rings. The van der Waals surface area contributed by atoms with Gasteiger partial charge in [0.15, 0.2) is 0 Å². The number of carbonyl (C=O) groups excluding carboxylic acids is 1. The van der Waals surface area contributed by atoms with Crippen molar-refractivity contribution in [2.75, 3.05) is 6.61 Å². The highest BCUT2D eigenvalue weighted by molar-refractivity contribution is 6.76. The minimum atomic E-state index is -0.927. The van der Waals surface area contributed by atoms with Crippen molar-refractivity contribution in [2.24, 2.45) is 0 Å². The van der Waals surface area contributed by atoms with E-state index in [9.17, 15) is 4.79 Å². The van der Waals surface area contributed by atoms with E-state index in [0.717, 1.165) is 10.7 Å². The molecular weight excluding hydrogens is 192 g/mol. The molecule has 0 atom stereocenters. The van der Waals surface area contributed by atoms with E-state index in [4.69, 9.17) is 16.3 Å². The SMILES string of the molecule is C=CC(=O)OCC=C(Cl)[SiH](C)C. The van der Waals surface area contributed by atoms with Gasteiger partial charge >= 0.3 is 5.97 Å². The van der Waals surface area contributed by atoms with Crippen LogP contribution >= 0.6 is 11.6 Å². The minimum absolute atomic E-state index is 0.245. The topological polar surface area (TPSA) is 26.3 Å². The van der Waals surface area contributed by atoms with Crippen molar-refractivity contribution in [1.82, 2.24) is 0 Å². The molecule has 4 heteroatoms. The normalized spacial score (nSPS) is 11.5. The second kappa shape index (κ2) is 6.03. The number of esters is 1. The molecule has 0 aromatic carbocycles. The molecule has 0 N–H and O–H groups in total. The first kappa shape index (κ1) is 11.5. The Morgan fingerprint density at radius 1 is 1.67 bits per heavy atom. The van der Waals surface area contributed by atoms with Crippen molar-refractivity contribution >= 4 is 26.4 Å². The van der Waals surface area contributed by atoms with Gasteiger partial charge in [-0.2, -0.15) is 0 Å². The molecule has 0 fully saturated rings. The molecule has 12 heavy (non-hydrogen) atoms. The van der Waals surface area contributed by atoms with Crippen LogP contribution < -0.4 is 0 Å². The molecule has 0 amide bonds. The number of hydrogen-bond acceptors (Lipinski definition) is 2. The molecule has 0 unspecified atom stereocenters. The monoisotopic (exact) mass is 204 g/mol. The van der Waals surface area contributed by atoms with E-state index in [2.05, 4.69) is 19.7 Å². The van der Waals surface area contributed by atoms with Crippen LogP contribution in [-0.4, -0.2) is 21.4 Å². The molecule has 0 aliphatic heterocycles. The lowest BCUT2D eigenvalue weighted by Crippen LogP contribution is -2.04. The number of ether oxygens (including phenoxy) is 1. The van der Waals surface area contributed by atoms with E-state index >= 15 is 0 Å². The van der Waals surface area contributed by atoms with Gasteiger partial charge in [0.2, 0.25) is 0 Å². The summed E-state index contributed by atoms with van der Waals surface area (Å²) in [6.45, 7) is 7.73. The fraction of sp³-hybridized carbons (Fsp3) is 0.375. The number of halogens is 1. The number of hydrogen-bond donors (Lipinski definition) is 0. The lowest BCUT2D eigenvalue weighted by Gasteiger charge is -2.00. The molecule has 0 rings (SSSR count). The fourth-order valence-electron chi connectivity index (χ4n) is 0.498. The lowest BCUT2D eigenvalue weighted by molar-refractivity contribution is -0.136. The lowest BCUT2D eigenvalue weighted by atomic mass is 10.6. The summed E-state index contributed by atoms with van der Waals surface area (Å²) in [5.41, 5.74) is 0. The highest BCUT2D eigenvalue weighted by Crippen LogP contribution is 2.05. The zero-order valence-electron chi connectivity index (χ0n) is 7.34. The van der Waals surface area contributed by atoms with Crippen LogP contribution in [0.1, 0.15) is 0 Å². The van der Waals surface area contributed by atoms with Gasteiger partial charge in [0.1, 0.15) is 6.61 Å². The first-order chi connectivity index (χ1) is 5.57. The summed E-state index contributed by atoms with van der Waals surface area (Å²) >= 11 is 5.85. The van der Waals surface area contributed by atoms with Crippen LogP contribution in [0.5, 0.6) is 0 Å². The minimum Gasteiger partial charge on any atom is -0.458 e. The summed E-state index contributed by atoms with van der Waals surface area (Å²) in [5.74, 6) is -0.416. The Kier molecular flexibility index (Phi) is 5.75. The molecule has 0 aromatic heterocycles. The van der Waals surface area contributed by atoms with Gasteiger partial charge < -0.3 is 4.74 Å². The Morgan fingerprint density at radius 3 is 2.67 bits per heavy atom. The van der Waals surface area contributed by atoms with E-state index in [1.807, 2.05) is 0 Å². The van der Waals surface area contributed by atoms with Crippen LogP contribution in [0.3, 0.4) is 0 Å². The first-order valence-electron chi connectivity index (χ1n) is 3.72. The fourth-order valence-corrected chi connectivity index (χ4v) is 1.13.